The van der Waals surface area contributed by atoms with Gasteiger partial charge >= 0.3 is 0 Å². The highest BCUT2D eigenvalue weighted by molar-refractivity contribution is 5.84. The fraction of sp³-hybridized carbons (Fsp3) is 0.708. The van der Waals surface area contributed by atoms with Gasteiger partial charge in [0, 0.05) is 26.2 Å². The molecule has 0 unspecified atom stereocenters. The molecule has 0 bridgehead atoms. The van der Waals surface area contributed by atoms with Crippen LogP contribution in [0.15, 0.2) is 24.3 Å². The van der Waals surface area contributed by atoms with Crippen LogP contribution in [0.25, 0.3) is 0 Å². The molecule has 1 N–H and O–H groups in total. The summed E-state index contributed by atoms with van der Waals surface area (Å²) >= 11 is 0. The molecule has 28 heavy (non-hydrogen) atoms. The molecule has 1 amide bonds. The van der Waals surface area contributed by atoms with E-state index in [2.05, 4.69) is 34.1 Å². The summed E-state index contributed by atoms with van der Waals surface area (Å²) in [6.45, 7) is 8.60. The average Bonchev–Trinajstić information content (AvgIpc) is 3.38. The maximum atomic E-state index is 13.2. The molecule has 1 aromatic rings. The Morgan fingerprint density at radius 2 is 1.82 bits per heavy atom. The summed E-state index contributed by atoms with van der Waals surface area (Å²) in [5, 5.41) is 9.90. The van der Waals surface area contributed by atoms with Crippen molar-refractivity contribution >= 4 is 5.91 Å². The predicted molar refractivity (Wildman–Crippen MR) is 112 cm³/mol. The number of benzene rings is 1. The first-order valence-electron chi connectivity index (χ1n) is 11.1. The van der Waals surface area contributed by atoms with Crippen LogP contribution in [0.2, 0.25) is 0 Å². The molecule has 0 aromatic heterocycles. The van der Waals surface area contributed by atoms with Gasteiger partial charge in [0.25, 0.3) is 0 Å². The molecule has 3 aliphatic rings. The van der Waals surface area contributed by atoms with Crippen molar-refractivity contribution in [1.82, 2.24) is 9.80 Å². The lowest BCUT2D eigenvalue weighted by Crippen LogP contribution is -2.50. The minimum absolute atomic E-state index is 0.111. The van der Waals surface area contributed by atoms with Crippen molar-refractivity contribution in [2.45, 2.75) is 70.9 Å². The van der Waals surface area contributed by atoms with Crippen LogP contribution >= 0.6 is 0 Å². The number of piperidine rings is 1. The van der Waals surface area contributed by atoms with Gasteiger partial charge in [-0.05, 0) is 82.4 Å². The van der Waals surface area contributed by atoms with E-state index in [4.69, 9.17) is 0 Å². The van der Waals surface area contributed by atoms with Crippen molar-refractivity contribution in [1.29, 1.82) is 0 Å². The number of carbonyl (C=O) groups is 1. The molecule has 4 rings (SSSR count). The Bertz CT molecular complexity index is 690. The minimum Gasteiger partial charge on any atom is -0.390 e. The number of aryl methyl sites for hydroxylation is 1. The van der Waals surface area contributed by atoms with Crippen LogP contribution in [0.5, 0.6) is 0 Å². The number of hydrogen-bond donors (Lipinski definition) is 1. The first-order chi connectivity index (χ1) is 13.3. The SMILES string of the molecule is CC(C)(O)CCc1ccc(CN2CC[C@@]3(CCCN(CC4CC4)C3=O)C2)cc1. The first-order valence-corrected chi connectivity index (χ1v) is 11.1. The Hall–Kier alpha value is -1.39. The Morgan fingerprint density at radius 1 is 1.11 bits per heavy atom. The van der Waals surface area contributed by atoms with Gasteiger partial charge in [-0.1, -0.05) is 24.3 Å². The van der Waals surface area contributed by atoms with E-state index in [1.165, 1.54) is 30.4 Å². The van der Waals surface area contributed by atoms with Gasteiger partial charge in [-0.3, -0.25) is 9.69 Å². The number of rotatable bonds is 7. The second kappa shape index (κ2) is 7.79. The van der Waals surface area contributed by atoms with Crippen LogP contribution in [0, 0.1) is 11.3 Å². The Kier molecular flexibility index (Phi) is 5.54. The average molecular weight is 385 g/mol. The van der Waals surface area contributed by atoms with Crippen LogP contribution in [-0.2, 0) is 17.8 Å². The van der Waals surface area contributed by atoms with Crippen LogP contribution < -0.4 is 0 Å². The van der Waals surface area contributed by atoms with Gasteiger partial charge in [-0.15, -0.1) is 0 Å². The smallest absolute Gasteiger partial charge is 0.230 e. The van der Waals surface area contributed by atoms with E-state index in [1.54, 1.807) is 0 Å². The third kappa shape index (κ3) is 4.77. The van der Waals surface area contributed by atoms with Crippen LogP contribution in [0.1, 0.15) is 63.5 Å². The Labute approximate surface area is 169 Å². The molecule has 1 saturated carbocycles. The summed E-state index contributed by atoms with van der Waals surface area (Å²) in [5.41, 5.74) is 1.88. The molecule has 1 spiro atoms. The minimum atomic E-state index is -0.609. The van der Waals surface area contributed by atoms with Gasteiger partial charge in [0.1, 0.15) is 0 Å². The number of likely N-dealkylation sites (tertiary alicyclic amines) is 2. The van der Waals surface area contributed by atoms with Crippen molar-refractivity contribution in [3.05, 3.63) is 35.4 Å². The number of carbonyl (C=O) groups excluding carboxylic acids is 1. The standard InChI is InChI=1S/C24H36N2O2/c1-23(2,28)12-10-19-4-6-20(7-5-19)16-25-15-13-24(18-25)11-3-14-26(22(24)27)17-21-8-9-21/h4-7,21,28H,3,8-18H2,1-2H3/t24-/m0/s1. The van der Waals surface area contributed by atoms with E-state index in [-0.39, 0.29) is 5.41 Å². The lowest BCUT2D eigenvalue weighted by molar-refractivity contribution is -0.145. The highest BCUT2D eigenvalue weighted by Gasteiger charge is 2.48. The fourth-order valence-corrected chi connectivity index (χ4v) is 4.93. The highest BCUT2D eigenvalue weighted by Crippen LogP contribution is 2.42. The Morgan fingerprint density at radius 3 is 2.50 bits per heavy atom. The maximum Gasteiger partial charge on any atom is 0.230 e. The van der Waals surface area contributed by atoms with Crippen molar-refractivity contribution in [2.24, 2.45) is 11.3 Å². The normalized spacial score (nSPS) is 26.4. The van der Waals surface area contributed by atoms with E-state index < -0.39 is 5.60 Å². The Balaban J connectivity index is 1.32. The fourth-order valence-electron chi connectivity index (χ4n) is 4.93. The van der Waals surface area contributed by atoms with Gasteiger partial charge in [0.15, 0.2) is 0 Å². The quantitative estimate of drug-likeness (QED) is 0.781. The van der Waals surface area contributed by atoms with Crippen LogP contribution in [0.4, 0.5) is 0 Å². The largest absolute Gasteiger partial charge is 0.390 e. The lowest BCUT2D eigenvalue weighted by atomic mass is 9.78. The summed E-state index contributed by atoms with van der Waals surface area (Å²) in [5.74, 6) is 1.22. The molecule has 154 valence electrons. The molecule has 0 radical (unpaired) electrons. The predicted octanol–water partition coefficient (Wildman–Crippen LogP) is 3.61. The monoisotopic (exact) mass is 384 g/mol. The van der Waals surface area contributed by atoms with Gasteiger partial charge < -0.3 is 10.0 Å². The topological polar surface area (TPSA) is 43.8 Å². The van der Waals surface area contributed by atoms with Crippen molar-refractivity contribution in [3.63, 3.8) is 0 Å². The summed E-state index contributed by atoms with van der Waals surface area (Å²) in [7, 11) is 0. The van der Waals surface area contributed by atoms with E-state index in [1.807, 2.05) is 13.8 Å². The summed E-state index contributed by atoms with van der Waals surface area (Å²) in [6, 6.07) is 8.81. The number of aliphatic hydroxyl groups is 1. The van der Waals surface area contributed by atoms with Crippen LogP contribution in [0.3, 0.4) is 0 Å². The second-order valence-corrected chi connectivity index (χ2v) is 10.2. The summed E-state index contributed by atoms with van der Waals surface area (Å²) in [4.78, 5) is 17.8. The molecule has 3 fully saturated rings. The number of amides is 1. The molecule has 1 atom stereocenters. The molecule has 2 aliphatic heterocycles. The molecule has 2 saturated heterocycles. The molecular formula is C24H36N2O2. The molecule has 4 nitrogen and oxygen atoms in total. The second-order valence-electron chi connectivity index (χ2n) is 10.2. The molecular weight excluding hydrogens is 348 g/mol. The molecule has 1 aromatic carbocycles. The van der Waals surface area contributed by atoms with Crippen LogP contribution in [-0.4, -0.2) is 52.6 Å². The van der Waals surface area contributed by atoms with Gasteiger partial charge in [-0.25, -0.2) is 0 Å². The van der Waals surface area contributed by atoms with E-state index >= 15 is 0 Å². The molecule has 1 aliphatic carbocycles. The highest BCUT2D eigenvalue weighted by atomic mass is 16.3. The molecule has 2 heterocycles. The van der Waals surface area contributed by atoms with Gasteiger partial charge in [0.2, 0.25) is 5.91 Å². The van der Waals surface area contributed by atoms with E-state index in [0.29, 0.717) is 5.91 Å². The zero-order chi connectivity index (χ0) is 19.8. The molecule has 4 heteroatoms. The summed E-state index contributed by atoms with van der Waals surface area (Å²) in [6.07, 6.45) is 7.57. The van der Waals surface area contributed by atoms with Gasteiger partial charge in [-0.2, -0.15) is 0 Å². The maximum absolute atomic E-state index is 13.2. The lowest BCUT2D eigenvalue weighted by Gasteiger charge is -2.39. The van der Waals surface area contributed by atoms with E-state index in [9.17, 15) is 9.90 Å². The summed E-state index contributed by atoms with van der Waals surface area (Å²) < 4.78 is 0. The van der Waals surface area contributed by atoms with Gasteiger partial charge in [0.05, 0.1) is 11.0 Å². The number of nitrogens with zero attached hydrogens (tertiary/aromatic N) is 2. The van der Waals surface area contributed by atoms with Crippen molar-refractivity contribution in [3.8, 4) is 0 Å². The zero-order valence-corrected chi connectivity index (χ0v) is 17.6. The van der Waals surface area contributed by atoms with Crippen molar-refractivity contribution < 1.29 is 9.90 Å². The third-order valence-electron chi connectivity index (χ3n) is 6.89. The number of hydrogen-bond acceptors (Lipinski definition) is 3. The first kappa shape index (κ1) is 19.9. The van der Waals surface area contributed by atoms with E-state index in [0.717, 1.165) is 64.3 Å². The van der Waals surface area contributed by atoms with Crippen molar-refractivity contribution in [2.75, 3.05) is 26.2 Å². The third-order valence-corrected chi connectivity index (χ3v) is 6.89. The zero-order valence-electron chi connectivity index (χ0n) is 17.6.